The zero-order valence-corrected chi connectivity index (χ0v) is 10.3. The average Bonchev–Trinajstić information content (AvgIpc) is 2.39. The number of methoxy groups -OCH3 is 1. The summed E-state index contributed by atoms with van der Waals surface area (Å²) in [4.78, 5) is 22.7. The first kappa shape index (κ1) is 14.2. The molecule has 0 fully saturated rings. The smallest absolute Gasteiger partial charge is 0.337 e. The minimum absolute atomic E-state index is 0.0983. The molecule has 5 heteroatoms. The van der Waals surface area contributed by atoms with E-state index in [0.29, 0.717) is 30.5 Å². The molecule has 0 aliphatic carbocycles. The number of anilines is 1. The third-order valence-electron chi connectivity index (χ3n) is 2.40. The Morgan fingerprint density at radius 1 is 1.22 bits per heavy atom. The van der Waals surface area contributed by atoms with Crippen LogP contribution in [0.25, 0.3) is 0 Å². The number of benzene rings is 1. The number of amides is 1. The van der Waals surface area contributed by atoms with Gasteiger partial charge in [0.25, 0.3) is 0 Å². The highest BCUT2D eigenvalue weighted by atomic mass is 16.5. The zero-order valence-electron chi connectivity index (χ0n) is 10.3. The van der Waals surface area contributed by atoms with Crippen LogP contribution in [0.15, 0.2) is 24.3 Å². The topological polar surface area (TPSA) is 75.6 Å². The van der Waals surface area contributed by atoms with Crippen molar-refractivity contribution in [2.24, 2.45) is 0 Å². The van der Waals surface area contributed by atoms with Crippen LogP contribution in [0.5, 0.6) is 0 Å². The van der Waals surface area contributed by atoms with Gasteiger partial charge in [-0.3, -0.25) is 4.79 Å². The standard InChI is InChI=1S/C13H17NO4/c1-18-13(17)10-5-7-11(8-6-10)14-12(16)4-2-3-9-15/h5-8,15H,2-4,9H2,1H3,(H,14,16). The van der Waals surface area contributed by atoms with Gasteiger partial charge in [-0.1, -0.05) is 0 Å². The second-order valence-corrected chi connectivity index (χ2v) is 3.80. The summed E-state index contributed by atoms with van der Waals surface area (Å²) in [5.41, 5.74) is 1.08. The van der Waals surface area contributed by atoms with Crippen molar-refractivity contribution in [1.82, 2.24) is 0 Å². The molecule has 0 saturated heterocycles. The van der Waals surface area contributed by atoms with E-state index in [0.717, 1.165) is 0 Å². The SMILES string of the molecule is COC(=O)c1ccc(NC(=O)CCCCO)cc1. The lowest BCUT2D eigenvalue weighted by Crippen LogP contribution is -2.11. The van der Waals surface area contributed by atoms with Crippen molar-refractivity contribution in [1.29, 1.82) is 0 Å². The molecule has 0 heterocycles. The molecule has 0 radical (unpaired) electrons. The van der Waals surface area contributed by atoms with Crippen LogP contribution >= 0.6 is 0 Å². The van der Waals surface area contributed by atoms with Gasteiger partial charge in [0.05, 0.1) is 12.7 Å². The molecule has 0 aliphatic heterocycles. The van der Waals surface area contributed by atoms with Crippen molar-refractivity contribution in [2.45, 2.75) is 19.3 Å². The number of unbranched alkanes of at least 4 members (excludes halogenated alkanes) is 1. The summed E-state index contributed by atoms with van der Waals surface area (Å²) >= 11 is 0. The summed E-state index contributed by atoms with van der Waals surface area (Å²) in [6.45, 7) is 0.0983. The zero-order chi connectivity index (χ0) is 13.4. The number of rotatable bonds is 6. The lowest BCUT2D eigenvalue weighted by molar-refractivity contribution is -0.116. The van der Waals surface area contributed by atoms with Crippen molar-refractivity contribution in [3.05, 3.63) is 29.8 Å². The molecular weight excluding hydrogens is 234 g/mol. The van der Waals surface area contributed by atoms with E-state index in [2.05, 4.69) is 10.1 Å². The van der Waals surface area contributed by atoms with Gasteiger partial charge in [0.1, 0.15) is 0 Å². The number of nitrogens with one attached hydrogen (secondary N) is 1. The van der Waals surface area contributed by atoms with Gasteiger partial charge in [0, 0.05) is 18.7 Å². The molecule has 18 heavy (non-hydrogen) atoms. The summed E-state index contributed by atoms with van der Waals surface area (Å²) in [6, 6.07) is 6.48. The van der Waals surface area contributed by atoms with Crippen molar-refractivity contribution in [3.8, 4) is 0 Å². The van der Waals surface area contributed by atoms with Gasteiger partial charge in [-0.2, -0.15) is 0 Å². The lowest BCUT2D eigenvalue weighted by Gasteiger charge is -2.05. The quantitative estimate of drug-likeness (QED) is 0.594. The Bertz CT molecular complexity index is 400. The first-order chi connectivity index (χ1) is 8.67. The number of aliphatic hydroxyl groups excluding tert-OH is 1. The molecule has 0 bridgehead atoms. The third-order valence-corrected chi connectivity index (χ3v) is 2.40. The highest BCUT2D eigenvalue weighted by Gasteiger charge is 2.06. The van der Waals surface area contributed by atoms with Crippen LogP contribution in [0, 0.1) is 0 Å². The minimum Gasteiger partial charge on any atom is -0.465 e. The fourth-order valence-corrected chi connectivity index (χ4v) is 1.43. The molecule has 0 atom stereocenters. The molecule has 5 nitrogen and oxygen atoms in total. The first-order valence-corrected chi connectivity index (χ1v) is 5.76. The summed E-state index contributed by atoms with van der Waals surface area (Å²) in [7, 11) is 1.32. The predicted octanol–water partition coefficient (Wildman–Crippen LogP) is 1.57. The predicted molar refractivity (Wildman–Crippen MR) is 67.3 cm³/mol. The van der Waals surface area contributed by atoms with Crippen molar-refractivity contribution in [3.63, 3.8) is 0 Å². The Kier molecular flexibility index (Phi) is 5.87. The van der Waals surface area contributed by atoms with Crippen LogP contribution in [-0.2, 0) is 9.53 Å². The molecule has 1 amide bonds. The number of carbonyl (C=O) groups is 2. The molecular formula is C13H17NO4. The summed E-state index contributed by atoms with van der Waals surface area (Å²) in [5.74, 6) is -0.509. The second kappa shape index (κ2) is 7.45. The van der Waals surface area contributed by atoms with Crippen LogP contribution in [0.1, 0.15) is 29.6 Å². The lowest BCUT2D eigenvalue weighted by atomic mass is 10.2. The number of esters is 1. The maximum atomic E-state index is 11.5. The fourth-order valence-electron chi connectivity index (χ4n) is 1.43. The first-order valence-electron chi connectivity index (χ1n) is 5.76. The van der Waals surface area contributed by atoms with E-state index < -0.39 is 5.97 Å². The Labute approximate surface area is 106 Å². The molecule has 0 spiro atoms. The Hall–Kier alpha value is -1.88. The Morgan fingerprint density at radius 3 is 2.44 bits per heavy atom. The van der Waals surface area contributed by atoms with Gasteiger partial charge in [-0.05, 0) is 37.1 Å². The van der Waals surface area contributed by atoms with Gasteiger partial charge in [-0.25, -0.2) is 4.79 Å². The van der Waals surface area contributed by atoms with E-state index in [1.165, 1.54) is 7.11 Å². The van der Waals surface area contributed by atoms with Crippen LogP contribution < -0.4 is 5.32 Å². The van der Waals surface area contributed by atoms with E-state index >= 15 is 0 Å². The monoisotopic (exact) mass is 251 g/mol. The van der Waals surface area contributed by atoms with E-state index in [4.69, 9.17) is 5.11 Å². The number of carbonyl (C=O) groups excluding carboxylic acids is 2. The molecule has 98 valence electrons. The average molecular weight is 251 g/mol. The normalized spacial score (nSPS) is 9.89. The summed E-state index contributed by atoms with van der Waals surface area (Å²) in [6.07, 6.45) is 1.65. The van der Waals surface area contributed by atoms with Gasteiger partial charge in [-0.15, -0.1) is 0 Å². The Morgan fingerprint density at radius 2 is 1.89 bits per heavy atom. The minimum atomic E-state index is -0.407. The van der Waals surface area contributed by atoms with Gasteiger partial charge in [0.2, 0.25) is 5.91 Å². The highest BCUT2D eigenvalue weighted by molar-refractivity contribution is 5.92. The van der Waals surface area contributed by atoms with E-state index in [1.807, 2.05) is 0 Å². The molecule has 2 N–H and O–H groups in total. The highest BCUT2D eigenvalue weighted by Crippen LogP contribution is 2.11. The molecule has 0 aromatic heterocycles. The molecule has 1 rings (SSSR count). The summed E-state index contributed by atoms with van der Waals surface area (Å²) < 4.78 is 4.57. The van der Waals surface area contributed by atoms with E-state index in [9.17, 15) is 9.59 Å². The number of ether oxygens (including phenoxy) is 1. The number of hydrogen-bond donors (Lipinski definition) is 2. The maximum absolute atomic E-state index is 11.5. The van der Waals surface area contributed by atoms with Crippen molar-refractivity contribution in [2.75, 3.05) is 19.0 Å². The van der Waals surface area contributed by atoms with Gasteiger partial charge in [0.15, 0.2) is 0 Å². The maximum Gasteiger partial charge on any atom is 0.337 e. The van der Waals surface area contributed by atoms with E-state index in [1.54, 1.807) is 24.3 Å². The van der Waals surface area contributed by atoms with Gasteiger partial charge < -0.3 is 15.2 Å². The van der Waals surface area contributed by atoms with Crippen LogP contribution in [-0.4, -0.2) is 30.7 Å². The second-order valence-electron chi connectivity index (χ2n) is 3.80. The fraction of sp³-hybridized carbons (Fsp3) is 0.385. The Balaban J connectivity index is 2.48. The van der Waals surface area contributed by atoms with Crippen LogP contribution in [0.3, 0.4) is 0 Å². The molecule has 0 saturated carbocycles. The summed E-state index contributed by atoms with van der Waals surface area (Å²) in [5, 5.41) is 11.3. The van der Waals surface area contributed by atoms with Crippen molar-refractivity contribution < 1.29 is 19.4 Å². The molecule has 0 unspecified atom stereocenters. The molecule has 1 aromatic carbocycles. The number of hydrogen-bond acceptors (Lipinski definition) is 4. The van der Waals surface area contributed by atoms with Gasteiger partial charge >= 0.3 is 5.97 Å². The van der Waals surface area contributed by atoms with Crippen molar-refractivity contribution >= 4 is 17.6 Å². The van der Waals surface area contributed by atoms with Crippen LogP contribution in [0.4, 0.5) is 5.69 Å². The van der Waals surface area contributed by atoms with Crippen LogP contribution in [0.2, 0.25) is 0 Å². The third kappa shape index (κ3) is 4.55. The molecule has 0 aliphatic rings. The van der Waals surface area contributed by atoms with E-state index in [-0.39, 0.29) is 12.5 Å². The number of aliphatic hydroxyl groups is 1. The molecule has 1 aromatic rings. The largest absolute Gasteiger partial charge is 0.465 e.